The van der Waals surface area contributed by atoms with Crippen molar-refractivity contribution in [3.63, 3.8) is 0 Å². The molecule has 6 nitrogen and oxygen atoms in total. The lowest BCUT2D eigenvalue weighted by Gasteiger charge is -2.23. The minimum Gasteiger partial charge on any atom is -0.444 e. The third-order valence-corrected chi connectivity index (χ3v) is 2.60. The van der Waals surface area contributed by atoms with Crippen LogP contribution in [0.4, 0.5) is 4.79 Å². The van der Waals surface area contributed by atoms with Gasteiger partial charge in [-0.3, -0.25) is 4.99 Å². The molecule has 0 aromatic carbocycles. The van der Waals surface area contributed by atoms with Gasteiger partial charge >= 0.3 is 6.09 Å². The van der Waals surface area contributed by atoms with Crippen LogP contribution < -0.4 is 16.0 Å². The van der Waals surface area contributed by atoms with Crippen molar-refractivity contribution in [1.82, 2.24) is 16.0 Å². The van der Waals surface area contributed by atoms with Gasteiger partial charge in [0.15, 0.2) is 5.96 Å². The van der Waals surface area contributed by atoms with Crippen LogP contribution in [0.15, 0.2) is 4.99 Å². The van der Waals surface area contributed by atoms with Gasteiger partial charge < -0.3 is 20.7 Å². The van der Waals surface area contributed by atoms with Gasteiger partial charge in [0, 0.05) is 12.6 Å². The van der Waals surface area contributed by atoms with Crippen LogP contribution in [0, 0.1) is 0 Å². The van der Waals surface area contributed by atoms with Crippen LogP contribution in [-0.2, 0) is 4.74 Å². The lowest BCUT2D eigenvalue weighted by atomic mass is 10.1. The molecule has 130 valence electrons. The number of carbonyl (C=O) groups is 1. The number of carbonyl (C=O) groups excluding carboxylic acids is 1. The predicted molar refractivity (Wildman–Crippen MR) is 92.3 cm³/mol. The topological polar surface area (TPSA) is 74.8 Å². The first-order chi connectivity index (χ1) is 10.2. The zero-order chi connectivity index (χ0) is 17.2. The van der Waals surface area contributed by atoms with Crippen molar-refractivity contribution in [3.05, 3.63) is 0 Å². The number of nitrogens with zero attached hydrogens (tertiary/aromatic N) is 1. The molecule has 0 aromatic heterocycles. The molecule has 22 heavy (non-hydrogen) atoms. The van der Waals surface area contributed by atoms with Crippen LogP contribution in [0.25, 0.3) is 0 Å². The first kappa shape index (κ1) is 20.5. The van der Waals surface area contributed by atoms with E-state index < -0.39 is 5.60 Å². The smallest absolute Gasteiger partial charge is 0.407 e. The number of hydrogen-bond acceptors (Lipinski definition) is 3. The lowest BCUT2D eigenvalue weighted by Crippen LogP contribution is -2.44. The van der Waals surface area contributed by atoms with Crippen LogP contribution in [0.1, 0.15) is 61.3 Å². The van der Waals surface area contributed by atoms with E-state index >= 15 is 0 Å². The van der Waals surface area contributed by atoms with Gasteiger partial charge in [0.2, 0.25) is 0 Å². The number of aliphatic imine (C=N–C) groups is 1. The fourth-order valence-electron chi connectivity index (χ4n) is 1.83. The van der Waals surface area contributed by atoms with Crippen LogP contribution in [0.5, 0.6) is 0 Å². The van der Waals surface area contributed by atoms with Crippen molar-refractivity contribution in [2.75, 3.05) is 13.1 Å². The Kier molecular flexibility index (Phi) is 9.61. The molecule has 0 aliphatic heterocycles. The molecule has 0 aromatic rings. The van der Waals surface area contributed by atoms with Crippen molar-refractivity contribution in [2.45, 2.75) is 79.0 Å². The van der Waals surface area contributed by atoms with Crippen molar-refractivity contribution in [1.29, 1.82) is 0 Å². The molecule has 0 saturated heterocycles. The molecule has 1 amide bonds. The van der Waals surface area contributed by atoms with E-state index in [1.807, 2.05) is 27.7 Å². The summed E-state index contributed by atoms with van der Waals surface area (Å²) in [6, 6.07) is 0.281. The van der Waals surface area contributed by atoms with E-state index in [0.29, 0.717) is 12.6 Å². The summed E-state index contributed by atoms with van der Waals surface area (Å²) in [5.74, 6) is 0.768. The highest BCUT2D eigenvalue weighted by atomic mass is 16.6. The molecule has 1 atom stereocenters. The molecule has 0 heterocycles. The first-order valence-electron chi connectivity index (χ1n) is 8.22. The molecule has 1 unspecified atom stereocenters. The molecule has 3 N–H and O–H groups in total. The number of alkyl carbamates (subject to hydrolysis) is 1. The van der Waals surface area contributed by atoms with Crippen molar-refractivity contribution in [3.8, 4) is 0 Å². The van der Waals surface area contributed by atoms with Gasteiger partial charge in [-0.25, -0.2) is 4.79 Å². The largest absolute Gasteiger partial charge is 0.444 e. The highest BCUT2D eigenvalue weighted by Crippen LogP contribution is 2.07. The number of ether oxygens (including phenoxy) is 1. The summed E-state index contributed by atoms with van der Waals surface area (Å²) in [6.45, 7) is 15.1. The van der Waals surface area contributed by atoms with E-state index in [-0.39, 0.29) is 12.1 Å². The Hall–Kier alpha value is -1.46. The summed E-state index contributed by atoms with van der Waals surface area (Å²) in [5.41, 5.74) is -0.488. The number of guanidine groups is 1. The molecule has 0 saturated carbocycles. The van der Waals surface area contributed by atoms with Gasteiger partial charge in [0.25, 0.3) is 0 Å². The Balaban J connectivity index is 4.63. The monoisotopic (exact) mass is 314 g/mol. The van der Waals surface area contributed by atoms with Crippen molar-refractivity contribution in [2.24, 2.45) is 4.99 Å². The summed E-state index contributed by atoms with van der Waals surface area (Å²) in [6.07, 6.45) is 1.46. The quantitative estimate of drug-likeness (QED) is 0.499. The Morgan fingerprint density at radius 3 is 2.27 bits per heavy atom. The van der Waals surface area contributed by atoms with E-state index in [0.717, 1.165) is 25.3 Å². The highest BCUT2D eigenvalue weighted by molar-refractivity contribution is 5.80. The van der Waals surface area contributed by atoms with Gasteiger partial charge in [0.1, 0.15) is 5.60 Å². The maximum atomic E-state index is 11.9. The second kappa shape index (κ2) is 10.3. The fourth-order valence-corrected chi connectivity index (χ4v) is 1.83. The predicted octanol–water partition coefficient (Wildman–Crippen LogP) is 2.64. The van der Waals surface area contributed by atoms with Crippen LogP contribution in [0.2, 0.25) is 0 Å². The summed E-state index contributed by atoms with van der Waals surface area (Å²) >= 11 is 0. The van der Waals surface area contributed by atoms with Crippen LogP contribution >= 0.6 is 0 Å². The van der Waals surface area contributed by atoms with Gasteiger partial charge in [-0.1, -0.05) is 13.3 Å². The van der Waals surface area contributed by atoms with E-state index in [1.54, 1.807) is 0 Å². The normalized spacial score (nSPS) is 13.7. The molecule has 0 fully saturated rings. The SMILES string of the molecule is CCCC(CN=C(NCC)NC(C)C)NC(=O)OC(C)(C)C. The zero-order valence-corrected chi connectivity index (χ0v) is 15.2. The van der Waals surface area contributed by atoms with Crippen molar-refractivity contribution >= 4 is 12.1 Å². The summed E-state index contributed by atoms with van der Waals surface area (Å²) in [7, 11) is 0. The Morgan fingerprint density at radius 2 is 1.82 bits per heavy atom. The van der Waals surface area contributed by atoms with Crippen LogP contribution in [-0.4, -0.2) is 42.8 Å². The molecular weight excluding hydrogens is 280 g/mol. The van der Waals surface area contributed by atoms with Crippen molar-refractivity contribution < 1.29 is 9.53 Å². The van der Waals surface area contributed by atoms with E-state index in [1.165, 1.54) is 0 Å². The fraction of sp³-hybridized carbons (Fsp3) is 0.875. The maximum Gasteiger partial charge on any atom is 0.407 e. The minimum atomic E-state index is -0.488. The highest BCUT2D eigenvalue weighted by Gasteiger charge is 2.19. The molecule has 0 rings (SSSR count). The Morgan fingerprint density at radius 1 is 1.18 bits per heavy atom. The van der Waals surface area contributed by atoms with E-state index in [4.69, 9.17) is 4.74 Å². The minimum absolute atomic E-state index is 0.0255. The van der Waals surface area contributed by atoms with Gasteiger partial charge in [-0.2, -0.15) is 0 Å². The third kappa shape index (κ3) is 11.2. The van der Waals surface area contributed by atoms with E-state index in [9.17, 15) is 4.79 Å². The summed E-state index contributed by atoms with van der Waals surface area (Å²) in [4.78, 5) is 16.4. The Bertz CT molecular complexity index is 349. The number of amides is 1. The lowest BCUT2D eigenvalue weighted by molar-refractivity contribution is 0.0503. The molecule has 0 spiro atoms. The molecule has 0 aliphatic rings. The maximum absolute atomic E-state index is 11.9. The number of hydrogen-bond donors (Lipinski definition) is 3. The number of nitrogens with one attached hydrogen (secondary N) is 3. The first-order valence-corrected chi connectivity index (χ1v) is 8.22. The summed E-state index contributed by atoms with van der Waals surface area (Å²) < 4.78 is 5.30. The zero-order valence-electron chi connectivity index (χ0n) is 15.2. The Labute approximate surface area is 135 Å². The average Bonchev–Trinajstić information content (AvgIpc) is 2.33. The standard InChI is InChI=1S/C16H34N4O2/c1-8-10-13(20-15(21)22-16(5,6)7)11-18-14(17-9-2)19-12(3)4/h12-13H,8-11H2,1-7H3,(H,20,21)(H2,17,18,19). The van der Waals surface area contributed by atoms with Crippen LogP contribution in [0.3, 0.4) is 0 Å². The van der Waals surface area contributed by atoms with Gasteiger partial charge in [-0.05, 0) is 48.0 Å². The molecule has 0 bridgehead atoms. The van der Waals surface area contributed by atoms with Gasteiger partial charge in [0.05, 0.1) is 12.6 Å². The van der Waals surface area contributed by atoms with E-state index in [2.05, 4.69) is 41.7 Å². The van der Waals surface area contributed by atoms with Gasteiger partial charge in [-0.15, -0.1) is 0 Å². The molecule has 0 aliphatic carbocycles. The second-order valence-corrected chi connectivity index (χ2v) is 6.65. The number of rotatable bonds is 7. The summed E-state index contributed by atoms with van der Waals surface area (Å²) in [5, 5.41) is 9.36. The molecule has 6 heteroatoms. The average molecular weight is 314 g/mol. The molecular formula is C16H34N4O2. The second-order valence-electron chi connectivity index (χ2n) is 6.65. The third-order valence-electron chi connectivity index (χ3n) is 2.60. The molecule has 0 radical (unpaired) electrons.